The summed E-state index contributed by atoms with van der Waals surface area (Å²) >= 11 is 0. The summed E-state index contributed by atoms with van der Waals surface area (Å²) in [6.45, 7) is 23.9. The number of hydrogen-bond donors (Lipinski definition) is 1. The van der Waals surface area contributed by atoms with E-state index in [4.69, 9.17) is 14.6 Å². The first kappa shape index (κ1) is 28.7. The second-order valence-corrected chi connectivity index (χ2v) is 9.03. The molecule has 0 heterocycles. The van der Waals surface area contributed by atoms with Gasteiger partial charge in [0.15, 0.2) is 0 Å². The van der Waals surface area contributed by atoms with Crippen molar-refractivity contribution >= 4 is 18.1 Å². The minimum Gasteiger partial charge on any atom is -0.507 e. The molecule has 0 amide bonds. The predicted molar refractivity (Wildman–Crippen MR) is 136 cm³/mol. The van der Waals surface area contributed by atoms with Crippen LogP contribution in [-0.2, 0) is 9.53 Å². The molecule has 0 saturated carbocycles. The summed E-state index contributed by atoms with van der Waals surface area (Å²) < 4.78 is 10.6. The Hall–Kier alpha value is -3.27. The van der Waals surface area contributed by atoms with Gasteiger partial charge in [-0.15, -0.1) is 0 Å². The van der Waals surface area contributed by atoms with Crippen LogP contribution in [0.1, 0.15) is 59.6 Å². The highest BCUT2D eigenvalue weighted by molar-refractivity contribution is 5.87. The van der Waals surface area contributed by atoms with Crippen LogP contribution in [0.4, 0.5) is 0 Å². The van der Waals surface area contributed by atoms with E-state index in [1.165, 1.54) is 0 Å². The van der Waals surface area contributed by atoms with Crippen molar-refractivity contribution in [3.63, 3.8) is 0 Å². The first-order chi connectivity index (χ1) is 14.7. The van der Waals surface area contributed by atoms with Crippen LogP contribution in [0.5, 0.6) is 11.5 Å². The fourth-order valence-electron chi connectivity index (χ4n) is 2.05. The molecule has 0 spiro atoms. The Morgan fingerprint density at radius 2 is 1.41 bits per heavy atom. The molecule has 0 aromatic heterocycles. The van der Waals surface area contributed by atoms with Crippen LogP contribution < -0.4 is 4.74 Å². The van der Waals surface area contributed by atoms with Crippen LogP contribution in [0.15, 0.2) is 73.8 Å². The van der Waals surface area contributed by atoms with Crippen molar-refractivity contribution in [1.29, 1.82) is 0 Å². The van der Waals surface area contributed by atoms with Crippen LogP contribution in [0.3, 0.4) is 0 Å². The number of phenols is 1. The highest BCUT2D eigenvalue weighted by atomic mass is 16.6. The molecule has 2 rings (SSSR count). The van der Waals surface area contributed by atoms with E-state index in [0.29, 0.717) is 5.57 Å². The van der Waals surface area contributed by atoms with Crippen LogP contribution in [0, 0.1) is 0 Å². The van der Waals surface area contributed by atoms with Gasteiger partial charge in [-0.2, -0.15) is 0 Å². The summed E-state index contributed by atoms with van der Waals surface area (Å²) in [6, 6.07) is 15.0. The number of aromatic hydroxyl groups is 1. The van der Waals surface area contributed by atoms with Crippen LogP contribution in [0.25, 0.3) is 12.2 Å². The molecule has 0 aliphatic rings. The van der Waals surface area contributed by atoms with E-state index >= 15 is 0 Å². The Bertz CT molecular complexity index is 879. The van der Waals surface area contributed by atoms with Gasteiger partial charge >= 0.3 is 5.97 Å². The number of carbonyl (C=O) groups is 1. The third kappa shape index (κ3) is 13.9. The lowest BCUT2D eigenvalue weighted by atomic mass is 10.2. The quantitative estimate of drug-likeness (QED) is 0.398. The third-order valence-corrected chi connectivity index (χ3v) is 3.44. The first-order valence-electron chi connectivity index (χ1n) is 10.4. The molecule has 4 nitrogen and oxygen atoms in total. The van der Waals surface area contributed by atoms with Gasteiger partial charge in [0.25, 0.3) is 0 Å². The third-order valence-electron chi connectivity index (χ3n) is 3.44. The SMILES string of the molecule is C=C(C)C(=O)OC(C)(C)C.C=Cc1ccc(OC(C)(C)C)cc1.C=Cc1ccccc1O. The molecule has 4 heteroatoms. The van der Waals surface area contributed by atoms with Crippen LogP contribution in [-0.4, -0.2) is 22.3 Å². The largest absolute Gasteiger partial charge is 0.507 e. The molecule has 174 valence electrons. The summed E-state index contributed by atoms with van der Waals surface area (Å²) in [5, 5.41) is 9.04. The summed E-state index contributed by atoms with van der Waals surface area (Å²) in [6.07, 6.45) is 3.44. The molecule has 0 saturated heterocycles. The predicted octanol–water partition coefficient (Wildman–Crippen LogP) is 7.45. The maximum absolute atomic E-state index is 10.8. The van der Waals surface area contributed by atoms with Gasteiger partial charge in [-0.1, -0.05) is 62.2 Å². The molecular formula is C28H38O4. The van der Waals surface area contributed by atoms with Crippen molar-refractivity contribution in [3.8, 4) is 11.5 Å². The van der Waals surface area contributed by atoms with E-state index in [1.807, 2.05) is 84.0 Å². The van der Waals surface area contributed by atoms with Gasteiger partial charge in [0.1, 0.15) is 22.7 Å². The second-order valence-electron chi connectivity index (χ2n) is 9.03. The lowest BCUT2D eigenvalue weighted by Crippen LogP contribution is -2.23. The maximum atomic E-state index is 10.8. The Balaban J connectivity index is 0.000000460. The van der Waals surface area contributed by atoms with Crippen LogP contribution >= 0.6 is 0 Å². The highest BCUT2D eigenvalue weighted by Gasteiger charge is 2.15. The number of para-hydroxylation sites is 1. The van der Waals surface area contributed by atoms with E-state index in [2.05, 4.69) is 19.7 Å². The van der Waals surface area contributed by atoms with Crippen molar-refractivity contribution in [2.45, 2.75) is 59.7 Å². The zero-order valence-corrected chi connectivity index (χ0v) is 20.6. The summed E-state index contributed by atoms with van der Waals surface area (Å²) in [5.74, 6) is 0.859. The molecule has 0 atom stereocenters. The molecule has 2 aromatic carbocycles. The molecule has 0 unspecified atom stereocenters. The van der Waals surface area contributed by atoms with E-state index < -0.39 is 5.60 Å². The van der Waals surface area contributed by atoms with Gasteiger partial charge in [0.05, 0.1) is 0 Å². The van der Waals surface area contributed by atoms with Crippen LogP contribution in [0.2, 0.25) is 0 Å². The smallest absolute Gasteiger partial charge is 0.333 e. The Labute approximate surface area is 193 Å². The van der Waals surface area contributed by atoms with Gasteiger partial charge in [-0.25, -0.2) is 4.79 Å². The number of rotatable bonds is 4. The minimum atomic E-state index is -0.407. The monoisotopic (exact) mass is 438 g/mol. The van der Waals surface area contributed by atoms with Crippen molar-refractivity contribution in [2.24, 2.45) is 0 Å². The average molecular weight is 439 g/mol. The number of benzene rings is 2. The fraction of sp³-hybridized carbons (Fsp3) is 0.321. The van der Waals surface area contributed by atoms with E-state index in [9.17, 15) is 4.79 Å². The maximum Gasteiger partial charge on any atom is 0.333 e. The Morgan fingerprint density at radius 1 is 0.875 bits per heavy atom. The van der Waals surface area contributed by atoms with Gasteiger partial charge in [0.2, 0.25) is 0 Å². The molecule has 2 aromatic rings. The zero-order chi connectivity index (χ0) is 24.9. The van der Waals surface area contributed by atoms with Crippen molar-refractivity contribution < 1.29 is 19.4 Å². The van der Waals surface area contributed by atoms with Gasteiger partial charge in [-0.05, 0) is 72.2 Å². The molecule has 0 aliphatic heterocycles. The molecule has 0 radical (unpaired) electrons. The van der Waals surface area contributed by atoms with E-state index in [0.717, 1.165) is 16.9 Å². The second kappa shape index (κ2) is 13.2. The lowest BCUT2D eigenvalue weighted by Gasteiger charge is -2.21. The molecule has 0 aliphatic carbocycles. The summed E-state index contributed by atoms with van der Waals surface area (Å²) in [4.78, 5) is 10.8. The summed E-state index contributed by atoms with van der Waals surface area (Å²) in [7, 11) is 0. The Morgan fingerprint density at radius 3 is 1.72 bits per heavy atom. The number of ether oxygens (including phenoxy) is 2. The molecule has 32 heavy (non-hydrogen) atoms. The van der Waals surface area contributed by atoms with E-state index in [1.54, 1.807) is 25.1 Å². The van der Waals surface area contributed by atoms with Gasteiger partial charge < -0.3 is 14.6 Å². The zero-order valence-electron chi connectivity index (χ0n) is 20.6. The van der Waals surface area contributed by atoms with Gasteiger partial charge in [0, 0.05) is 11.1 Å². The number of carbonyl (C=O) groups excluding carboxylic acids is 1. The first-order valence-corrected chi connectivity index (χ1v) is 10.4. The van der Waals surface area contributed by atoms with Crippen molar-refractivity contribution in [2.75, 3.05) is 0 Å². The molecule has 0 fully saturated rings. The molecular weight excluding hydrogens is 400 g/mol. The van der Waals surface area contributed by atoms with Gasteiger partial charge in [-0.3, -0.25) is 0 Å². The topological polar surface area (TPSA) is 55.8 Å². The van der Waals surface area contributed by atoms with Crippen molar-refractivity contribution in [3.05, 3.63) is 85.0 Å². The van der Waals surface area contributed by atoms with Crippen molar-refractivity contribution in [1.82, 2.24) is 0 Å². The lowest BCUT2D eigenvalue weighted by molar-refractivity contribution is -0.149. The standard InChI is InChI=1S/C12H16O.C8H14O2.C8H8O/c1-5-10-6-8-11(9-7-10)13-12(2,3)4;1-6(2)7(9)10-8(3,4)5;1-2-7-5-3-4-6-8(7)9/h5-9H,1H2,2-4H3;1H2,2-5H3;2-6,9H,1H2. The normalized spacial score (nSPS) is 10.3. The highest BCUT2D eigenvalue weighted by Crippen LogP contribution is 2.18. The number of hydrogen-bond acceptors (Lipinski definition) is 4. The minimum absolute atomic E-state index is 0.129. The number of esters is 1. The Kier molecular flexibility index (Phi) is 11.9. The molecule has 0 bridgehead atoms. The number of phenolic OH excluding ortho intramolecular Hbond substituents is 1. The summed E-state index contributed by atoms with van der Waals surface area (Å²) in [5.41, 5.74) is 1.79. The average Bonchev–Trinajstić information content (AvgIpc) is 2.67. The molecule has 1 N–H and O–H groups in total. The fourth-order valence-corrected chi connectivity index (χ4v) is 2.05. The van der Waals surface area contributed by atoms with E-state index in [-0.39, 0.29) is 17.3 Å².